The normalized spacial score (nSPS) is 17.5. The van der Waals surface area contributed by atoms with Crippen LogP contribution in [0.15, 0.2) is 36.4 Å². The number of hydrogen-bond donors (Lipinski definition) is 0. The quantitative estimate of drug-likeness (QED) is 0.603. The number of ether oxygens (including phenoxy) is 2. The van der Waals surface area contributed by atoms with E-state index in [1.54, 1.807) is 24.1 Å². The number of sulfone groups is 1. The van der Waals surface area contributed by atoms with Gasteiger partial charge in [-0.05, 0) is 43.2 Å². The van der Waals surface area contributed by atoms with Gasteiger partial charge in [0.1, 0.15) is 5.75 Å². The van der Waals surface area contributed by atoms with Crippen LogP contribution in [0.2, 0.25) is 10.0 Å². The maximum Gasteiger partial charge on any atom is 0.254 e. The van der Waals surface area contributed by atoms with E-state index in [0.29, 0.717) is 24.5 Å². The summed E-state index contributed by atoms with van der Waals surface area (Å²) in [5.41, 5.74) is 1.14. The minimum absolute atomic E-state index is 0.0621. The average Bonchev–Trinajstić information content (AvgIpc) is 3.08. The molecule has 0 spiro atoms. The largest absolute Gasteiger partial charge is 0.497 e. The van der Waals surface area contributed by atoms with Crippen LogP contribution >= 0.6 is 23.2 Å². The van der Waals surface area contributed by atoms with Crippen molar-refractivity contribution in [1.29, 1.82) is 0 Å². The molecule has 1 fully saturated rings. The van der Waals surface area contributed by atoms with E-state index in [1.807, 2.05) is 19.1 Å². The molecule has 30 heavy (non-hydrogen) atoms. The first-order chi connectivity index (χ1) is 14.2. The predicted octanol–water partition coefficient (Wildman–Crippen LogP) is 4.23. The fourth-order valence-electron chi connectivity index (χ4n) is 3.45. The summed E-state index contributed by atoms with van der Waals surface area (Å²) in [6.07, 6.45) is 0.392. The van der Waals surface area contributed by atoms with Gasteiger partial charge in [0, 0.05) is 18.2 Å². The van der Waals surface area contributed by atoms with Gasteiger partial charge in [0.2, 0.25) is 0 Å². The first kappa shape index (κ1) is 22.7. The predicted molar refractivity (Wildman–Crippen MR) is 118 cm³/mol. The molecule has 3 rings (SSSR count). The van der Waals surface area contributed by atoms with Gasteiger partial charge < -0.3 is 14.4 Å². The van der Waals surface area contributed by atoms with Gasteiger partial charge in [-0.15, -0.1) is 0 Å². The van der Waals surface area contributed by atoms with Gasteiger partial charge in [-0.2, -0.15) is 0 Å². The zero-order valence-electron chi connectivity index (χ0n) is 16.7. The highest BCUT2D eigenvalue weighted by Gasteiger charge is 2.35. The van der Waals surface area contributed by atoms with Gasteiger partial charge in [0.05, 0.1) is 35.3 Å². The first-order valence-electron chi connectivity index (χ1n) is 9.50. The third-order valence-electron chi connectivity index (χ3n) is 4.96. The summed E-state index contributed by atoms with van der Waals surface area (Å²) in [4.78, 5) is 15.0. The Balaban J connectivity index is 1.93. The number of nitrogens with zero attached hydrogens (tertiary/aromatic N) is 1. The van der Waals surface area contributed by atoms with E-state index in [-0.39, 0.29) is 39.6 Å². The molecule has 9 heteroatoms. The fraction of sp³-hybridized carbons (Fsp3) is 0.381. The van der Waals surface area contributed by atoms with Crippen molar-refractivity contribution in [2.75, 3.05) is 25.2 Å². The molecule has 1 aliphatic heterocycles. The molecule has 1 heterocycles. The van der Waals surface area contributed by atoms with Gasteiger partial charge in [0.15, 0.2) is 15.6 Å². The third-order valence-corrected chi connectivity index (χ3v) is 7.27. The number of rotatable bonds is 7. The van der Waals surface area contributed by atoms with Crippen molar-refractivity contribution in [3.63, 3.8) is 0 Å². The number of methoxy groups -OCH3 is 1. The van der Waals surface area contributed by atoms with Gasteiger partial charge in [-0.3, -0.25) is 4.79 Å². The smallest absolute Gasteiger partial charge is 0.254 e. The van der Waals surface area contributed by atoms with Gasteiger partial charge in [-0.25, -0.2) is 8.42 Å². The molecule has 2 aromatic rings. The van der Waals surface area contributed by atoms with Gasteiger partial charge >= 0.3 is 0 Å². The molecule has 0 bridgehead atoms. The molecule has 0 aliphatic carbocycles. The number of carbonyl (C=O) groups is 1. The minimum Gasteiger partial charge on any atom is -0.497 e. The molecule has 1 unspecified atom stereocenters. The molecule has 162 valence electrons. The lowest BCUT2D eigenvalue weighted by atomic mass is 10.1. The second-order valence-corrected chi connectivity index (χ2v) is 10.1. The topological polar surface area (TPSA) is 72.9 Å². The monoisotopic (exact) mass is 471 g/mol. The van der Waals surface area contributed by atoms with E-state index < -0.39 is 15.9 Å². The van der Waals surface area contributed by atoms with Crippen molar-refractivity contribution in [2.24, 2.45) is 0 Å². The summed E-state index contributed by atoms with van der Waals surface area (Å²) in [6.45, 7) is 2.45. The first-order valence-corrected chi connectivity index (χ1v) is 12.1. The highest BCUT2D eigenvalue weighted by atomic mass is 35.5. The van der Waals surface area contributed by atoms with Crippen LogP contribution in [0, 0.1) is 0 Å². The number of carbonyl (C=O) groups excluding carboxylic acids is 1. The van der Waals surface area contributed by atoms with Crippen LogP contribution in [0.4, 0.5) is 0 Å². The molecule has 0 N–H and O–H groups in total. The van der Waals surface area contributed by atoms with E-state index >= 15 is 0 Å². The molecule has 0 aromatic heterocycles. The average molecular weight is 472 g/mol. The minimum atomic E-state index is -3.18. The second kappa shape index (κ2) is 9.45. The summed E-state index contributed by atoms with van der Waals surface area (Å²) < 4.78 is 34.7. The van der Waals surface area contributed by atoms with E-state index in [9.17, 15) is 13.2 Å². The Labute approximate surface area is 186 Å². The zero-order chi connectivity index (χ0) is 21.9. The van der Waals surface area contributed by atoms with Gasteiger partial charge in [0.25, 0.3) is 5.91 Å². The van der Waals surface area contributed by atoms with E-state index in [4.69, 9.17) is 32.7 Å². The summed E-state index contributed by atoms with van der Waals surface area (Å²) >= 11 is 12.5. The Bertz CT molecular complexity index is 1000. The van der Waals surface area contributed by atoms with Crippen molar-refractivity contribution in [2.45, 2.75) is 25.9 Å². The van der Waals surface area contributed by atoms with E-state index in [1.165, 1.54) is 12.1 Å². The Morgan fingerprint density at radius 1 is 1.17 bits per heavy atom. The molecule has 1 atom stereocenters. The number of amides is 1. The van der Waals surface area contributed by atoms with Crippen LogP contribution in [0.1, 0.15) is 29.3 Å². The van der Waals surface area contributed by atoms with E-state index in [0.717, 1.165) is 5.56 Å². The van der Waals surface area contributed by atoms with Crippen molar-refractivity contribution in [3.8, 4) is 11.5 Å². The molecule has 0 radical (unpaired) electrons. The van der Waals surface area contributed by atoms with Crippen LogP contribution in [-0.2, 0) is 16.4 Å². The molecule has 0 saturated carbocycles. The molecule has 1 aliphatic rings. The molecular formula is C21H23Cl2NO5S. The van der Waals surface area contributed by atoms with Gasteiger partial charge in [-0.1, -0.05) is 35.3 Å². The summed E-state index contributed by atoms with van der Waals surface area (Å²) in [5.74, 6) is 0.690. The third kappa shape index (κ3) is 5.20. The lowest BCUT2D eigenvalue weighted by Crippen LogP contribution is -2.40. The Morgan fingerprint density at radius 2 is 1.80 bits per heavy atom. The second-order valence-electron chi connectivity index (χ2n) is 7.04. The van der Waals surface area contributed by atoms with Crippen LogP contribution in [0.3, 0.4) is 0 Å². The highest BCUT2D eigenvalue weighted by molar-refractivity contribution is 7.91. The lowest BCUT2D eigenvalue weighted by molar-refractivity contribution is 0.0681. The Hall–Kier alpha value is -1.96. The number of halogens is 2. The maximum atomic E-state index is 13.4. The lowest BCUT2D eigenvalue weighted by Gasteiger charge is -2.29. The van der Waals surface area contributed by atoms with Crippen molar-refractivity contribution < 1.29 is 22.7 Å². The summed E-state index contributed by atoms with van der Waals surface area (Å²) in [7, 11) is -1.60. The summed E-state index contributed by atoms with van der Waals surface area (Å²) in [5, 5.41) is 0.465. The maximum absolute atomic E-state index is 13.4. The number of hydrogen-bond acceptors (Lipinski definition) is 5. The van der Waals surface area contributed by atoms with Crippen molar-refractivity contribution in [3.05, 3.63) is 57.6 Å². The fourth-order valence-corrected chi connectivity index (χ4v) is 5.77. The van der Waals surface area contributed by atoms with Crippen LogP contribution in [-0.4, -0.2) is 50.5 Å². The van der Waals surface area contributed by atoms with Crippen LogP contribution < -0.4 is 9.47 Å². The molecular weight excluding hydrogens is 449 g/mol. The van der Waals surface area contributed by atoms with E-state index in [2.05, 4.69) is 0 Å². The van der Waals surface area contributed by atoms with Crippen LogP contribution in [0.25, 0.3) is 0 Å². The SMILES string of the molecule is CCOc1c(Cl)cc(C(=O)N(Cc2ccc(OC)cc2)C2CCS(=O)(=O)C2)cc1Cl. The van der Waals surface area contributed by atoms with Crippen molar-refractivity contribution >= 4 is 38.9 Å². The number of benzene rings is 2. The standard InChI is InChI=1S/C21H23Cl2NO5S/c1-3-29-20-18(22)10-15(11-19(20)23)21(25)24(16-8-9-30(26,27)13-16)12-14-4-6-17(28-2)7-5-14/h4-7,10-11,16H,3,8-9,12-13H2,1-2H3. The highest BCUT2D eigenvalue weighted by Crippen LogP contribution is 2.35. The Kier molecular flexibility index (Phi) is 7.16. The molecule has 1 amide bonds. The van der Waals surface area contributed by atoms with Crippen LogP contribution in [0.5, 0.6) is 11.5 Å². The zero-order valence-corrected chi connectivity index (χ0v) is 19.1. The summed E-state index contributed by atoms with van der Waals surface area (Å²) in [6, 6.07) is 9.88. The molecule has 6 nitrogen and oxygen atoms in total. The Morgan fingerprint density at radius 3 is 2.30 bits per heavy atom. The van der Waals surface area contributed by atoms with Crippen molar-refractivity contribution in [1.82, 2.24) is 4.90 Å². The molecule has 2 aromatic carbocycles. The molecule has 1 saturated heterocycles.